The van der Waals surface area contributed by atoms with Gasteiger partial charge in [0.2, 0.25) is 27.1 Å². The number of morpholine rings is 1. The largest absolute Gasteiger partial charge is 0.378 e. The highest BCUT2D eigenvalue weighted by atomic mass is 35.5. The molecule has 7 heterocycles. The molecule has 132 heavy (non-hydrogen) atoms. The maximum Gasteiger partial charge on any atom is 0.289 e. The summed E-state index contributed by atoms with van der Waals surface area (Å²) in [4.78, 5) is 134. The molecule has 2 aliphatic heterocycles. The number of piperazine rings is 1. The molecule has 674 valence electrons. The molecule has 5 amide bonds. The zero-order valence-corrected chi connectivity index (χ0v) is 75.1. The Kier molecular flexibility index (Phi) is 31.3. The van der Waals surface area contributed by atoms with Crippen molar-refractivity contribution in [2.24, 2.45) is 5.84 Å². The molecule has 0 atom stereocenters. The van der Waals surface area contributed by atoms with E-state index in [1.54, 1.807) is 75.7 Å². The Hall–Kier alpha value is -14.0. The van der Waals surface area contributed by atoms with Crippen LogP contribution in [0, 0.1) is 0 Å². The summed E-state index contributed by atoms with van der Waals surface area (Å²) in [5.41, 5.74) is 10.8. The number of nitrogens with two attached hydrogens (primary N) is 1. The maximum atomic E-state index is 13.1. The molecule has 2 aliphatic carbocycles. The Morgan fingerprint density at radius 3 is 1.00 bits per heavy atom. The van der Waals surface area contributed by atoms with Gasteiger partial charge in [0.25, 0.3) is 29.5 Å². The Morgan fingerprint density at radius 1 is 0.341 bits per heavy atom. The summed E-state index contributed by atoms with van der Waals surface area (Å²) >= 11 is 12.0. The van der Waals surface area contributed by atoms with Gasteiger partial charge in [-0.25, -0.2) is 5.84 Å². The van der Waals surface area contributed by atoms with Crippen LogP contribution in [0.4, 0.5) is 0 Å². The van der Waals surface area contributed by atoms with E-state index in [9.17, 15) is 47.9 Å². The molecule has 24 nitrogen and oxygen atoms in total. The quantitative estimate of drug-likeness (QED) is 0.0285. The topological polar surface area (TPSA) is 289 Å². The van der Waals surface area contributed by atoms with Crippen molar-refractivity contribution in [3.63, 3.8) is 0 Å². The van der Waals surface area contributed by atoms with E-state index in [2.05, 4.69) is 44.9 Å². The Labute approximate surface area is 773 Å². The predicted octanol–water partition coefficient (Wildman–Crippen LogP) is 15.9. The second-order valence-electron chi connectivity index (χ2n) is 33.6. The summed E-state index contributed by atoms with van der Waals surface area (Å²) in [6.45, 7) is 7.70. The number of hydrogen-bond donors (Lipinski definition) is 4. The zero-order valence-electron chi connectivity index (χ0n) is 73.6. The third kappa shape index (κ3) is 23.0. The van der Waals surface area contributed by atoms with Crippen molar-refractivity contribution in [1.29, 1.82) is 0 Å². The molecule has 0 spiro atoms. The summed E-state index contributed by atoms with van der Waals surface area (Å²) in [7, 11) is 2.04. The molecule has 19 rings (SSSR count). The minimum atomic E-state index is -0.697. The average Bonchev–Trinajstić information content (AvgIpc) is 0.808. The number of rotatable bonds is 17. The van der Waals surface area contributed by atoms with Gasteiger partial charge < -0.3 is 48.3 Å². The van der Waals surface area contributed by atoms with Gasteiger partial charge in [-0.05, 0) is 145 Å². The molecule has 4 fully saturated rings. The first-order valence-electron chi connectivity index (χ1n) is 44.9. The number of fused-ring (bicyclic) bond motifs is 5. The number of carbonyl (C=O) groups excluding carboxylic acids is 5. The van der Waals surface area contributed by atoms with Crippen LogP contribution in [0.3, 0.4) is 0 Å². The Bertz CT molecular complexity index is 6940. The van der Waals surface area contributed by atoms with E-state index in [0.717, 1.165) is 114 Å². The smallest absolute Gasteiger partial charge is 0.289 e. The highest BCUT2D eigenvalue weighted by Gasteiger charge is 2.28. The molecule has 0 bridgehead atoms. The highest BCUT2D eigenvalue weighted by Crippen LogP contribution is 2.26. The number of benzene rings is 10. The number of nitrogens with zero attached hydrogens (tertiary/aromatic N) is 9. The molecular formula is C106H105Cl2N13O11. The van der Waals surface area contributed by atoms with Crippen molar-refractivity contribution in [2.45, 2.75) is 115 Å². The van der Waals surface area contributed by atoms with Gasteiger partial charge in [-0.3, -0.25) is 58.1 Å². The molecule has 2 saturated carbocycles. The molecule has 4 aliphatic rings. The van der Waals surface area contributed by atoms with Crippen LogP contribution in [0.5, 0.6) is 0 Å². The van der Waals surface area contributed by atoms with Crippen molar-refractivity contribution in [2.75, 3.05) is 59.5 Å². The first-order chi connectivity index (χ1) is 64.3. The lowest BCUT2D eigenvalue weighted by atomic mass is 9.95. The van der Waals surface area contributed by atoms with Gasteiger partial charge in [-0.1, -0.05) is 244 Å². The first kappa shape index (κ1) is 92.7. The summed E-state index contributed by atoms with van der Waals surface area (Å²) in [6, 6.07) is 82.3. The van der Waals surface area contributed by atoms with Gasteiger partial charge in [-0.2, -0.15) is 5.10 Å². The molecular weight excluding hydrogens is 1700 g/mol. The van der Waals surface area contributed by atoms with Crippen LogP contribution in [0.1, 0.15) is 150 Å². The summed E-state index contributed by atoms with van der Waals surface area (Å²) in [5, 5.41) is 14.5. The molecule has 15 aromatic rings. The van der Waals surface area contributed by atoms with Crippen LogP contribution in [-0.4, -0.2) is 144 Å². The van der Waals surface area contributed by atoms with E-state index in [-0.39, 0.29) is 85.4 Å². The highest BCUT2D eigenvalue weighted by molar-refractivity contribution is 6.30. The standard InChI is InChI=1S/C24H26N2O2.C23H24N2O2.C22H22ClN3O2.C21H19ClN2O3.C16H14N4O2/c27-23-20-14-8-9-15-22(20)26(16-18-10-4-3-5-11-18)17-21(23)24(28)25-19-12-6-1-2-7-13-19;26-22-19-13-7-8-14-21(19)25(15-17-9-3-1-4-10-17)16-20(22)23(27)24-18-11-5-2-6-12-18;1-24-10-12-25(13-11-24)22(28)19-15-26(14-16-6-8-17(23)9-7-16)20-5-3-2-4-18(20)21(19)27;22-16-7-5-15(6-8-16)13-24-14-18(21(26)23-9-11-27-12-10-23)20(25)17-3-1-2-4-19(17)24;17-18-16(22)14-15(21)12-8-4-5-9-13(12)20(19-14)10-11-6-2-1-3-7-11/h3-5,8-11,14-15,17,19H,1-2,6-7,12-13,16H2,(H,25,28);1,3-4,7-10,13-14,16,18H,2,5-6,11-12,15H2,(H,24,27);2-9,15H,10-14H2,1H3;1-8,14H,9-13H2;1-9H,10,17H2,(H,18,22). The fourth-order valence-electron chi connectivity index (χ4n) is 17.3. The van der Waals surface area contributed by atoms with Crippen molar-refractivity contribution >= 4 is 107 Å². The predicted molar refractivity (Wildman–Crippen MR) is 522 cm³/mol. The van der Waals surface area contributed by atoms with Crippen LogP contribution >= 0.6 is 23.2 Å². The number of nitrogens with one attached hydrogen (secondary N) is 3. The molecule has 0 radical (unpaired) electrons. The number of para-hydroxylation sites is 5. The molecule has 26 heteroatoms. The van der Waals surface area contributed by atoms with Crippen molar-refractivity contribution in [1.82, 2.24) is 58.8 Å². The molecule has 10 aromatic carbocycles. The fourth-order valence-corrected chi connectivity index (χ4v) is 17.6. The molecule has 2 saturated heterocycles. The van der Waals surface area contributed by atoms with Crippen LogP contribution in [0.25, 0.3) is 54.5 Å². The maximum absolute atomic E-state index is 13.1. The van der Waals surface area contributed by atoms with Crippen LogP contribution < -0.4 is 49.0 Å². The third-order valence-electron chi connectivity index (χ3n) is 24.4. The lowest BCUT2D eigenvalue weighted by Gasteiger charge is -2.32. The molecule has 5 aromatic heterocycles. The van der Waals surface area contributed by atoms with E-state index in [0.29, 0.717) is 115 Å². The number of carbonyl (C=O) groups is 5. The van der Waals surface area contributed by atoms with E-state index in [4.69, 9.17) is 33.8 Å². The van der Waals surface area contributed by atoms with Gasteiger partial charge in [0, 0.05) is 139 Å². The number of halogens is 2. The van der Waals surface area contributed by atoms with E-state index in [1.165, 1.54) is 19.3 Å². The second kappa shape index (κ2) is 44.5. The van der Waals surface area contributed by atoms with E-state index >= 15 is 0 Å². The van der Waals surface area contributed by atoms with Gasteiger partial charge in [0.1, 0.15) is 22.3 Å². The first-order valence-corrected chi connectivity index (χ1v) is 45.6. The summed E-state index contributed by atoms with van der Waals surface area (Å²) < 4.78 is 14.9. The molecule has 0 unspecified atom stereocenters. The van der Waals surface area contributed by atoms with Crippen molar-refractivity contribution in [3.05, 3.63) is 403 Å². The summed E-state index contributed by atoms with van der Waals surface area (Å²) in [6.07, 6.45) is 19.1. The monoisotopic (exact) mass is 1810 g/mol. The fraction of sp³-hybridized carbons (Fsp3) is 0.255. The van der Waals surface area contributed by atoms with Gasteiger partial charge in [-0.15, -0.1) is 0 Å². The second-order valence-corrected chi connectivity index (χ2v) is 34.4. The normalized spacial score (nSPS) is 14.2. The number of aromatic nitrogens is 6. The number of hydrazine groups is 1. The van der Waals surface area contributed by atoms with Crippen molar-refractivity contribution < 1.29 is 28.7 Å². The number of pyridine rings is 4. The molecule has 5 N–H and O–H groups in total. The van der Waals surface area contributed by atoms with Crippen molar-refractivity contribution in [3.8, 4) is 0 Å². The number of hydrogen-bond acceptors (Lipinski definition) is 14. The van der Waals surface area contributed by atoms with Crippen LogP contribution in [0.2, 0.25) is 10.0 Å². The van der Waals surface area contributed by atoms with E-state index < -0.39 is 11.3 Å². The SMILES string of the molecule is CN1CCN(C(=O)c2cn(Cc3ccc(Cl)cc3)c3ccccc3c2=O)CC1.NNC(=O)c1nn(Cc2ccccc2)c2ccccc2c1=O.O=C(NC1CCCCC1)c1cn(Cc2ccccc2)c2ccccc2c1=O.O=C(NC1CCCCCC1)c1cn(Cc2ccccc2)c2ccccc2c1=O.O=C(c1cn(Cc2ccc(Cl)cc2)c2ccccc2c1=O)N1CCOCC1. The van der Waals surface area contributed by atoms with Gasteiger partial charge in [0.05, 0.1) is 47.3 Å². The van der Waals surface area contributed by atoms with Gasteiger partial charge >= 0.3 is 0 Å². The summed E-state index contributed by atoms with van der Waals surface area (Å²) in [5.74, 6) is 3.52. The number of nitrogen functional groups attached to an aromatic ring is 1. The van der Waals surface area contributed by atoms with Gasteiger partial charge in [0.15, 0.2) is 5.69 Å². The number of amides is 5. The number of likely N-dealkylation sites (N-methyl/N-ethyl adjacent to an activating group) is 1. The Morgan fingerprint density at radius 2 is 0.636 bits per heavy atom. The zero-order chi connectivity index (χ0) is 92.0. The van der Waals surface area contributed by atoms with Crippen LogP contribution in [0.15, 0.2) is 310 Å². The minimum Gasteiger partial charge on any atom is -0.378 e. The number of ether oxygens (including phenoxy) is 1. The lowest BCUT2D eigenvalue weighted by Crippen LogP contribution is -2.48. The lowest BCUT2D eigenvalue weighted by molar-refractivity contribution is 0.0301. The van der Waals surface area contributed by atoms with Crippen LogP contribution in [-0.2, 0) is 37.5 Å². The minimum absolute atomic E-state index is 0.170. The average molecular weight is 1810 g/mol. The Balaban J connectivity index is 0.000000126. The third-order valence-corrected chi connectivity index (χ3v) is 24.9. The van der Waals surface area contributed by atoms with E-state index in [1.807, 2.05) is 231 Å².